The molecule has 5 N–H and O–H groups in total. The zero-order valence-corrected chi connectivity index (χ0v) is 17.1. The molecule has 0 radical (unpaired) electrons. The maximum absolute atomic E-state index is 12.8. The summed E-state index contributed by atoms with van der Waals surface area (Å²) in [6.07, 6.45) is 1.55. The summed E-state index contributed by atoms with van der Waals surface area (Å²) in [5.41, 5.74) is 6.78. The van der Waals surface area contributed by atoms with E-state index < -0.39 is 35.9 Å². The summed E-state index contributed by atoms with van der Waals surface area (Å²) >= 11 is 0. The number of carboxylic acids is 1. The third kappa shape index (κ3) is 6.96. The van der Waals surface area contributed by atoms with Crippen molar-refractivity contribution < 1.29 is 19.5 Å². The van der Waals surface area contributed by atoms with Crippen LogP contribution in [0.15, 0.2) is 30.3 Å². The second-order valence-corrected chi connectivity index (χ2v) is 7.37. The number of amides is 2. The van der Waals surface area contributed by atoms with Crippen LogP contribution in [-0.2, 0) is 20.8 Å². The van der Waals surface area contributed by atoms with Gasteiger partial charge in [-0.15, -0.1) is 0 Å². The van der Waals surface area contributed by atoms with Crippen molar-refractivity contribution in [3.05, 3.63) is 35.9 Å². The van der Waals surface area contributed by atoms with Gasteiger partial charge in [-0.1, -0.05) is 70.9 Å². The SMILES string of the molecule is CCC(C)C(N)C(=O)NC(C(=O)NC(Cc1ccccc1)C(=O)O)C(C)CC. The Hall–Kier alpha value is -2.41. The molecule has 0 fully saturated rings. The van der Waals surface area contributed by atoms with E-state index in [2.05, 4.69) is 10.6 Å². The lowest BCUT2D eigenvalue weighted by atomic mass is 9.95. The van der Waals surface area contributed by atoms with Gasteiger partial charge in [0.15, 0.2) is 0 Å². The van der Waals surface area contributed by atoms with Gasteiger partial charge in [-0.3, -0.25) is 9.59 Å². The van der Waals surface area contributed by atoms with E-state index in [4.69, 9.17) is 5.73 Å². The molecule has 1 rings (SSSR count). The van der Waals surface area contributed by atoms with Crippen molar-refractivity contribution in [2.45, 2.75) is 65.1 Å². The van der Waals surface area contributed by atoms with E-state index >= 15 is 0 Å². The summed E-state index contributed by atoms with van der Waals surface area (Å²) < 4.78 is 0. The molecule has 5 atom stereocenters. The van der Waals surface area contributed by atoms with Gasteiger partial charge in [0.2, 0.25) is 11.8 Å². The molecule has 0 spiro atoms. The molecule has 156 valence electrons. The molecule has 0 aliphatic heterocycles. The molecule has 28 heavy (non-hydrogen) atoms. The van der Waals surface area contributed by atoms with Crippen LogP contribution >= 0.6 is 0 Å². The number of carbonyl (C=O) groups is 3. The Kier molecular flexibility index (Phi) is 9.65. The van der Waals surface area contributed by atoms with E-state index in [1.807, 2.05) is 45.9 Å². The van der Waals surface area contributed by atoms with Crippen molar-refractivity contribution in [1.29, 1.82) is 0 Å². The highest BCUT2D eigenvalue weighted by molar-refractivity contribution is 5.92. The number of carboxylic acid groups (broad SMARTS) is 1. The van der Waals surface area contributed by atoms with Crippen molar-refractivity contribution in [3.63, 3.8) is 0 Å². The van der Waals surface area contributed by atoms with E-state index in [1.165, 1.54) is 0 Å². The Bertz CT molecular complexity index is 650. The first kappa shape index (κ1) is 23.6. The highest BCUT2D eigenvalue weighted by Crippen LogP contribution is 2.12. The van der Waals surface area contributed by atoms with Gasteiger partial charge in [-0.05, 0) is 17.4 Å². The summed E-state index contributed by atoms with van der Waals surface area (Å²) in [4.78, 5) is 36.9. The van der Waals surface area contributed by atoms with Crippen molar-refractivity contribution in [3.8, 4) is 0 Å². The second-order valence-electron chi connectivity index (χ2n) is 7.37. The molecule has 1 aromatic carbocycles. The van der Waals surface area contributed by atoms with Gasteiger partial charge in [0, 0.05) is 6.42 Å². The van der Waals surface area contributed by atoms with Crippen LogP contribution in [0.4, 0.5) is 0 Å². The first-order valence-corrected chi connectivity index (χ1v) is 9.84. The zero-order chi connectivity index (χ0) is 21.3. The number of rotatable bonds is 11. The standard InChI is InChI=1S/C21H33N3O4/c1-5-13(3)17(22)19(25)24-18(14(4)6-2)20(26)23-16(21(27)28)12-15-10-8-7-9-11-15/h7-11,13-14,16-18H,5-6,12,22H2,1-4H3,(H,23,26)(H,24,25)(H,27,28). The highest BCUT2D eigenvalue weighted by atomic mass is 16.4. The Labute approximate surface area is 167 Å². The normalized spacial score (nSPS) is 16.3. The quantitative estimate of drug-likeness (QED) is 0.457. The number of nitrogens with one attached hydrogen (secondary N) is 2. The van der Waals surface area contributed by atoms with Crippen LogP contribution in [0.25, 0.3) is 0 Å². The van der Waals surface area contributed by atoms with Crippen molar-refractivity contribution in [1.82, 2.24) is 10.6 Å². The maximum Gasteiger partial charge on any atom is 0.326 e. The van der Waals surface area contributed by atoms with Gasteiger partial charge in [0.05, 0.1) is 6.04 Å². The topological polar surface area (TPSA) is 122 Å². The van der Waals surface area contributed by atoms with Crippen LogP contribution in [0.1, 0.15) is 46.1 Å². The number of hydrogen-bond acceptors (Lipinski definition) is 4. The molecule has 7 heteroatoms. The van der Waals surface area contributed by atoms with Crippen LogP contribution in [-0.4, -0.2) is 41.0 Å². The number of hydrogen-bond donors (Lipinski definition) is 4. The molecule has 5 unspecified atom stereocenters. The van der Waals surface area contributed by atoms with E-state index in [0.29, 0.717) is 6.42 Å². The lowest BCUT2D eigenvalue weighted by molar-refractivity contribution is -0.142. The van der Waals surface area contributed by atoms with Crippen LogP contribution in [0, 0.1) is 11.8 Å². The zero-order valence-electron chi connectivity index (χ0n) is 17.1. The lowest BCUT2D eigenvalue weighted by Crippen LogP contribution is -2.57. The highest BCUT2D eigenvalue weighted by Gasteiger charge is 2.31. The third-order valence-corrected chi connectivity index (χ3v) is 5.25. The summed E-state index contributed by atoms with van der Waals surface area (Å²) in [5.74, 6) is -2.22. The van der Waals surface area contributed by atoms with Gasteiger partial charge in [0.1, 0.15) is 12.1 Å². The molecule has 7 nitrogen and oxygen atoms in total. The largest absolute Gasteiger partial charge is 0.480 e. The Balaban J connectivity index is 2.89. The lowest BCUT2D eigenvalue weighted by Gasteiger charge is -2.27. The van der Waals surface area contributed by atoms with Crippen molar-refractivity contribution in [2.24, 2.45) is 17.6 Å². The second kappa shape index (κ2) is 11.4. The number of aliphatic carboxylic acids is 1. The molecule has 2 amide bonds. The molecule has 0 aromatic heterocycles. The van der Waals surface area contributed by atoms with Crippen LogP contribution in [0.3, 0.4) is 0 Å². The van der Waals surface area contributed by atoms with E-state index in [-0.39, 0.29) is 18.3 Å². The Morgan fingerprint density at radius 3 is 2.04 bits per heavy atom. The van der Waals surface area contributed by atoms with E-state index in [0.717, 1.165) is 12.0 Å². The minimum atomic E-state index is -1.12. The summed E-state index contributed by atoms with van der Waals surface area (Å²) in [6.45, 7) is 7.57. The van der Waals surface area contributed by atoms with Gasteiger partial charge >= 0.3 is 5.97 Å². The van der Waals surface area contributed by atoms with E-state index in [1.54, 1.807) is 12.1 Å². The Morgan fingerprint density at radius 1 is 0.964 bits per heavy atom. The van der Waals surface area contributed by atoms with Crippen LogP contribution in [0.2, 0.25) is 0 Å². The average Bonchev–Trinajstić information content (AvgIpc) is 2.69. The molecule has 0 aliphatic rings. The minimum Gasteiger partial charge on any atom is -0.480 e. The molecular weight excluding hydrogens is 358 g/mol. The van der Waals surface area contributed by atoms with Crippen molar-refractivity contribution in [2.75, 3.05) is 0 Å². The number of benzene rings is 1. The predicted octanol–water partition coefficient (Wildman–Crippen LogP) is 1.70. The molecule has 0 heterocycles. The number of carbonyl (C=O) groups excluding carboxylic acids is 2. The molecule has 0 saturated heterocycles. The van der Waals surface area contributed by atoms with Gasteiger partial charge in [-0.25, -0.2) is 4.79 Å². The molecular formula is C21H33N3O4. The summed E-state index contributed by atoms with van der Waals surface area (Å²) in [7, 11) is 0. The smallest absolute Gasteiger partial charge is 0.326 e. The van der Waals surface area contributed by atoms with Crippen molar-refractivity contribution >= 4 is 17.8 Å². The summed E-state index contributed by atoms with van der Waals surface area (Å²) in [6, 6.07) is 6.44. The fourth-order valence-electron chi connectivity index (χ4n) is 2.78. The third-order valence-electron chi connectivity index (χ3n) is 5.25. The maximum atomic E-state index is 12.8. The Morgan fingerprint density at radius 2 is 1.54 bits per heavy atom. The van der Waals surface area contributed by atoms with Gasteiger partial charge in [-0.2, -0.15) is 0 Å². The van der Waals surface area contributed by atoms with Gasteiger partial charge < -0.3 is 21.5 Å². The molecule has 0 bridgehead atoms. The average molecular weight is 392 g/mol. The molecule has 0 saturated carbocycles. The molecule has 1 aromatic rings. The first-order chi connectivity index (χ1) is 13.2. The number of nitrogens with two attached hydrogens (primary N) is 1. The minimum absolute atomic E-state index is 0.0227. The molecule has 0 aliphatic carbocycles. The van der Waals surface area contributed by atoms with Crippen LogP contribution in [0.5, 0.6) is 0 Å². The van der Waals surface area contributed by atoms with E-state index in [9.17, 15) is 19.5 Å². The fourth-order valence-corrected chi connectivity index (χ4v) is 2.78. The first-order valence-electron chi connectivity index (χ1n) is 9.84. The fraction of sp³-hybridized carbons (Fsp3) is 0.571. The summed E-state index contributed by atoms with van der Waals surface area (Å²) in [5, 5.41) is 14.8. The predicted molar refractivity (Wildman–Crippen MR) is 109 cm³/mol. The van der Waals surface area contributed by atoms with Crippen LogP contribution < -0.4 is 16.4 Å². The monoisotopic (exact) mass is 391 g/mol. The van der Waals surface area contributed by atoms with Gasteiger partial charge in [0.25, 0.3) is 0 Å².